The lowest BCUT2D eigenvalue weighted by Crippen LogP contribution is -2.41. The first-order valence-corrected chi connectivity index (χ1v) is 10.2. The van der Waals surface area contributed by atoms with Crippen LogP contribution < -0.4 is 15.8 Å². The van der Waals surface area contributed by atoms with Crippen molar-refractivity contribution >= 4 is 23.6 Å². The summed E-state index contributed by atoms with van der Waals surface area (Å²) in [5, 5.41) is 12.2. The number of aromatic amines is 1. The molecule has 0 aliphatic carbocycles. The normalized spacial score (nSPS) is 21.0. The van der Waals surface area contributed by atoms with Crippen LogP contribution in [0.5, 0.6) is 0 Å². The number of carbonyl (C=O) groups is 2. The molecular weight excluding hydrogens is 400 g/mol. The lowest BCUT2D eigenvalue weighted by atomic mass is 9.81. The second kappa shape index (κ2) is 8.55. The fourth-order valence-electron chi connectivity index (χ4n) is 4.12. The first-order valence-electron chi connectivity index (χ1n) is 10.2. The Labute approximate surface area is 178 Å². The summed E-state index contributed by atoms with van der Waals surface area (Å²) in [4.78, 5) is 51.0. The van der Waals surface area contributed by atoms with E-state index < -0.39 is 23.3 Å². The van der Waals surface area contributed by atoms with Gasteiger partial charge in [0.05, 0.1) is 35.8 Å². The molecule has 31 heavy (non-hydrogen) atoms. The van der Waals surface area contributed by atoms with E-state index in [1.165, 1.54) is 0 Å². The SMILES string of the molecule is CCOC(=O)C1CCN(c2nc3c(c(=O)[nH]2)C(c2ccccn2)C(C#N)C(=O)N3)CC1. The van der Waals surface area contributed by atoms with Crippen molar-refractivity contribution in [3.63, 3.8) is 0 Å². The van der Waals surface area contributed by atoms with Crippen molar-refractivity contribution in [2.24, 2.45) is 11.8 Å². The van der Waals surface area contributed by atoms with Crippen LogP contribution in [0.2, 0.25) is 0 Å². The largest absolute Gasteiger partial charge is 0.466 e. The number of amides is 1. The molecule has 160 valence electrons. The Morgan fingerprint density at radius 3 is 2.74 bits per heavy atom. The molecule has 0 aromatic carbocycles. The number of ether oxygens (including phenoxy) is 1. The van der Waals surface area contributed by atoms with Crippen LogP contribution in [-0.4, -0.2) is 46.5 Å². The maximum atomic E-state index is 13.1. The molecule has 0 bridgehead atoms. The minimum atomic E-state index is -1.09. The predicted octanol–water partition coefficient (Wildman–Crippen LogP) is 1.17. The van der Waals surface area contributed by atoms with E-state index in [4.69, 9.17) is 4.74 Å². The zero-order valence-electron chi connectivity index (χ0n) is 17.0. The number of aromatic nitrogens is 3. The third kappa shape index (κ3) is 3.86. The summed E-state index contributed by atoms with van der Waals surface area (Å²) < 4.78 is 5.09. The van der Waals surface area contributed by atoms with Crippen molar-refractivity contribution < 1.29 is 14.3 Å². The number of hydrogen-bond acceptors (Lipinski definition) is 8. The van der Waals surface area contributed by atoms with E-state index in [-0.39, 0.29) is 23.3 Å². The molecule has 2 unspecified atom stereocenters. The van der Waals surface area contributed by atoms with Gasteiger partial charge in [-0.15, -0.1) is 0 Å². The Kier molecular flexibility index (Phi) is 5.66. The van der Waals surface area contributed by atoms with Gasteiger partial charge in [0.25, 0.3) is 5.56 Å². The van der Waals surface area contributed by atoms with Crippen molar-refractivity contribution in [1.82, 2.24) is 15.0 Å². The van der Waals surface area contributed by atoms with Crippen LogP contribution in [0.3, 0.4) is 0 Å². The van der Waals surface area contributed by atoms with Gasteiger partial charge in [0.1, 0.15) is 11.7 Å². The van der Waals surface area contributed by atoms with Gasteiger partial charge in [0.15, 0.2) is 0 Å². The average Bonchev–Trinajstić information content (AvgIpc) is 2.79. The maximum Gasteiger partial charge on any atom is 0.309 e. The number of nitrogens with zero attached hydrogens (tertiary/aromatic N) is 4. The second-order valence-corrected chi connectivity index (χ2v) is 7.49. The fraction of sp³-hybridized carbons (Fsp3) is 0.429. The summed E-state index contributed by atoms with van der Waals surface area (Å²) >= 11 is 0. The Morgan fingerprint density at radius 2 is 2.10 bits per heavy atom. The maximum absolute atomic E-state index is 13.1. The second-order valence-electron chi connectivity index (χ2n) is 7.49. The Morgan fingerprint density at radius 1 is 1.32 bits per heavy atom. The molecule has 0 spiro atoms. The molecule has 0 radical (unpaired) electrons. The Balaban J connectivity index is 1.65. The number of rotatable bonds is 4. The number of carbonyl (C=O) groups excluding carboxylic acids is 2. The lowest BCUT2D eigenvalue weighted by Gasteiger charge is -2.33. The predicted molar refractivity (Wildman–Crippen MR) is 110 cm³/mol. The minimum Gasteiger partial charge on any atom is -0.466 e. The monoisotopic (exact) mass is 422 g/mol. The smallest absolute Gasteiger partial charge is 0.309 e. The van der Waals surface area contributed by atoms with Gasteiger partial charge in [0.2, 0.25) is 11.9 Å². The molecule has 2 aliphatic heterocycles. The van der Waals surface area contributed by atoms with E-state index >= 15 is 0 Å². The standard InChI is InChI=1S/C21H22N6O4/c1-2-31-20(30)12-6-9-27(10-7-12)21-25-17-16(19(29)26-21)15(13(11-22)18(28)24-17)14-5-3-4-8-23-14/h3-5,8,12-13,15H,2,6-7,9-10H2,1H3,(H2,24,25,26,28,29). The van der Waals surface area contributed by atoms with Crippen LogP contribution in [0.25, 0.3) is 0 Å². The molecule has 4 rings (SSSR count). The summed E-state index contributed by atoms with van der Waals surface area (Å²) in [7, 11) is 0. The van der Waals surface area contributed by atoms with E-state index in [2.05, 4.69) is 20.3 Å². The van der Waals surface area contributed by atoms with Crippen LogP contribution in [0.1, 0.15) is 36.9 Å². The van der Waals surface area contributed by atoms with Gasteiger partial charge >= 0.3 is 5.97 Å². The summed E-state index contributed by atoms with van der Waals surface area (Å²) in [5.41, 5.74) is 0.249. The highest BCUT2D eigenvalue weighted by Crippen LogP contribution is 2.37. The number of nitrogens with one attached hydrogen (secondary N) is 2. The van der Waals surface area contributed by atoms with Crippen molar-refractivity contribution in [2.75, 3.05) is 29.9 Å². The summed E-state index contributed by atoms with van der Waals surface area (Å²) in [5.74, 6) is -2.34. The number of nitriles is 1. The van der Waals surface area contributed by atoms with Gasteiger partial charge in [-0.2, -0.15) is 10.2 Å². The van der Waals surface area contributed by atoms with Crippen LogP contribution in [0.4, 0.5) is 11.8 Å². The average molecular weight is 422 g/mol. The van der Waals surface area contributed by atoms with Crippen LogP contribution in [0, 0.1) is 23.2 Å². The lowest BCUT2D eigenvalue weighted by molar-refractivity contribution is -0.148. The molecule has 4 heterocycles. The van der Waals surface area contributed by atoms with Gasteiger partial charge in [-0.3, -0.25) is 24.4 Å². The molecule has 1 saturated heterocycles. The molecule has 1 amide bonds. The molecule has 0 saturated carbocycles. The van der Waals surface area contributed by atoms with E-state index in [9.17, 15) is 19.6 Å². The quantitative estimate of drug-likeness (QED) is 0.700. The molecule has 10 heteroatoms. The summed E-state index contributed by atoms with van der Waals surface area (Å²) in [6.07, 6.45) is 2.72. The van der Waals surface area contributed by atoms with E-state index in [1.807, 2.05) is 11.0 Å². The van der Waals surface area contributed by atoms with Gasteiger partial charge < -0.3 is 15.0 Å². The summed E-state index contributed by atoms with van der Waals surface area (Å²) in [6, 6.07) is 7.14. The zero-order valence-corrected chi connectivity index (χ0v) is 17.0. The topological polar surface area (TPSA) is 141 Å². The molecule has 2 atom stereocenters. The van der Waals surface area contributed by atoms with Gasteiger partial charge in [-0.05, 0) is 31.9 Å². The Hall–Kier alpha value is -3.74. The fourth-order valence-corrected chi connectivity index (χ4v) is 4.12. The first-order chi connectivity index (χ1) is 15.0. The van der Waals surface area contributed by atoms with Crippen molar-refractivity contribution in [1.29, 1.82) is 5.26 Å². The van der Waals surface area contributed by atoms with E-state index in [0.717, 1.165) is 0 Å². The first kappa shape index (κ1) is 20.5. The van der Waals surface area contributed by atoms with Crippen LogP contribution in [-0.2, 0) is 14.3 Å². The number of fused-ring (bicyclic) bond motifs is 1. The van der Waals surface area contributed by atoms with Gasteiger partial charge in [-0.25, -0.2) is 0 Å². The third-order valence-corrected chi connectivity index (χ3v) is 5.67. The van der Waals surface area contributed by atoms with Crippen molar-refractivity contribution in [3.05, 3.63) is 46.0 Å². The highest BCUT2D eigenvalue weighted by Gasteiger charge is 2.41. The molecular formula is C21H22N6O4. The van der Waals surface area contributed by atoms with E-state index in [1.54, 1.807) is 31.3 Å². The highest BCUT2D eigenvalue weighted by atomic mass is 16.5. The van der Waals surface area contributed by atoms with Gasteiger partial charge in [0, 0.05) is 19.3 Å². The van der Waals surface area contributed by atoms with E-state index in [0.29, 0.717) is 44.2 Å². The molecule has 2 aromatic heterocycles. The minimum absolute atomic E-state index is 0.137. The molecule has 1 fully saturated rings. The Bertz CT molecular complexity index is 1090. The summed E-state index contributed by atoms with van der Waals surface area (Å²) in [6.45, 7) is 3.16. The number of piperidine rings is 1. The number of anilines is 2. The molecule has 2 N–H and O–H groups in total. The number of pyridine rings is 1. The zero-order chi connectivity index (χ0) is 22.0. The number of esters is 1. The molecule has 2 aliphatic rings. The van der Waals surface area contributed by atoms with Crippen molar-refractivity contribution in [2.45, 2.75) is 25.7 Å². The molecule has 2 aromatic rings. The number of H-pyrrole nitrogens is 1. The van der Waals surface area contributed by atoms with Gasteiger partial charge in [-0.1, -0.05) is 6.07 Å². The number of hydrogen-bond donors (Lipinski definition) is 2. The third-order valence-electron chi connectivity index (χ3n) is 5.67. The molecule has 10 nitrogen and oxygen atoms in total. The van der Waals surface area contributed by atoms with Crippen LogP contribution in [0.15, 0.2) is 29.2 Å². The van der Waals surface area contributed by atoms with Crippen molar-refractivity contribution in [3.8, 4) is 6.07 Å². The highest BCUT2D eigenvalue weighted by molar-refractivity contribution is 5.97. The van der Waals surface area contributed by atoms with Crippen LogP contribution >= 0.6 is 0 Å².